The van der Waals surface area contributed by atoms with Gasteiger partial charge in [-0.3, -0.25) is 0 Å². The molecule has 1 aromatic carbocycles. The highest BCUT2D eigenvalue weighted by atomic mass is 16.5. The van der Waals surface area contributed by atoms with Crippen LogP contribution >= 0.6 is 0 Å². The molecular formula is C13H18N2O4. The van der Waals surface area contributed by atoms with E-state index in [0.29, 0.717) is 24.7 Å². The van der Waals surface area contributed by atoms with Crippen molar-refractivity contribution in [2.24, 2.45) is 5.10 Å². The number of hydrogen-bond acceptors (Lipinski definition) is 5. The monoisotopic (exact) mass is 266 g/mol. The minimum absolute atomic E-state index is 0.304. The number of hydrogen-bond donors (Lipinski definition) is 1. The first-order chi connectivity index (χ1) is 9.21. The Morgan fingerprint density at radius 3 is 2.74 bits per heavy atom. The van der Waals surface area contributed by atoms with Gasteiger partial charge in [-0.25, -0.2) is 10.2 Å². The van der Waals surface area contributed by atoms with Crippen molar-refractivity contribution < 1.29 is 19.0 Å². The summed E-state index contributed by atoms with van der Waals surface area (Å²) in [4.78, 5) is 11.0. The largest absolute Gasteiger partial charge is 0.493 e. The van der Waals surface area contributed by atoms with Crippen LogP contribution in [0.5, 0.6) is 11.5 Å². The second-order valence-corrected chi connectivity index (χ2v) is 3.43. The molecule has 0 aliphatic carbocycles. The lowest BCUT2D eigenvalue weighted by molar-refractivity contribution is 0.152. The first kappa shape index (κ1) is 14.8. The number of methoxy groups -OCH3 is 1. The molecule has 0 aromatic heterocycles. The summed E-state index contributed by atoms with van der Waals surface area (Å²) in [5, 5.41) is 3.77. The van der Waals surface area contributed by atoms with Crippen LogP contribution < -0.4 is 14.9 Å². The van der Waals surface area contributed by atoms with Gasteiger partial charge in [0.25, 0.3) is 0 Å². The second kappa shape index (κ2) is 7.97. The Balaban J connectivity index is 2.68. The summed E-state index contributed by atoms with van der Waals surface area (Å²) in [5.74, 6) is 1.28. The molecule has 1 amide bonds. The molecule has 0 saturated carbocycles. The number of benzene rings is 1. The molecule has 6 nitrogen and oxygen atoms in total. The smallest absolute Gasteiger partial charge is 0.427 e. The summed E-state index contributed by atoms with van der Waals surface area (Å²) in [5.41, 5.74) is 3.02. The third-order valence-corrected chi connectivity index (χ3v) is 2.13. The molecule has 0 bridgehead atoms. The predicted octanol–water partition coefficient (Wildman–Crippen LogP) is 2.17. The van der Waals surface area contributed by atoms with Gasteiger partial charge < -0.3 is 14.2 Å². The van der Waals surface area contributed by atoms with Crippen LogP contribution in [-0.4, -0.2) is 32.6 Å². The average Bonchev–Trinajstić information content (AvgIpc) is 2.41. The highest BCUT2D eigenvalue weighted by Gasteiger charge is 2.04. The predicted molar refractivity (Wildman–Crippen MR) is 71.9 cm³/mol. The SMILES string of the molecule is CCOC(=O)N/N=C\c1ccc(OCC)c(OC)c1. The summed E-state index contributed by atoms with van der Waals surface area (Å²) in [7, 11) is 1.57. The van der Waals surface area contributed by atoms with Crippen LogP contribution in [0.1, 0.15) is 19.4 Å². The highest BCUT2D eigenvalue weighted by Crippen LogP contribution is 2.27. The van der Waals surface area contributed by atoms with Crippen molar-refractivity contribution in [3.8, 4) is 11.5 Å². The molecule has 104 valence electrons. The van der Waals surface area contributed by atoms with Crippen LogP contribution in [-0.2, 0) is 4.74 Å². The van der Waals surface area contributed by atoms with Gasteiger partial charge in [-0.1, -0.05) is 0 Å². The second-order valence-electron chi connectivity index (χ2n) is 3.43. The minimum atomic E-state index is -0.586. The average molecular weight is 266 g/mol. The maximum Gasteiger partial charge on any atom is 0.427 e. The molecular weight excluding hydrogens is 248 g/mol. The number of hydrazone groups is 1. The van der Waals surface area contributed by atoms with Crippen molar-refractivity contribution in [3.63, 3.8) is 0 Å². The van der Waals surface area contributed by atoms with E-state index in [1.165, 1.54) is 6.21 Å². The summed E-state index contributed by atoms with van der Waals surface area (Å²) in [6, 6.07) is 5.36. The van der Waals surface area contributed by atoms with E-state index in [-0.39, 0.29) is 0 Å². The lowest BCUT2D eigenvalue weighted by Gasteiger charge is -2.09. The van der Waals surface area contributed by atoms with Gasteiger partial charge in [0.1, 0.15) is 0 Å². The molecule has 1 N–H and O–H groups in total. The number of rotatable bonds is 6. The zero-order chi connectivity index (χ0) is 14.1. The Morgan fingerprint density at radius 2 is 2.11 bits per heavy atom. The van der Waals surface area contributed by atoms with E-state index in [9.17, 15) is 4.79 Å². The molecule has 0 spiro atoms. The lowest BCUT2D eigenvalue weighted by atomic mass is 10.2. The normalized spacial score (nSPS) is 10.3. The van der Waals surface area contributed by atoms with Crippen molar-refractivity contribution in [1.82, 2.24) is 5.43 Å². The van der Waals surface area contributed by atoms with Gasteiger partial charge in [0, 0.05) is 0 Å². The van der Waals surface area contributed by atoms with Crippen LogP contribution in [0, 0.1) is 0 Å². The van der Waals surface area contributed by atoms with Gasteiger partial charge in [-0.15, -0.1) is 0 Å². The standard InChI is InChI=1S/C13H18N2O4/c1-4-18-11-7-6-10(8-12(11)17-3)9-14-15-13(16)19-5-2/h6-9H,4-5H2,1-3H3,(H,15,16)/b14-9-. The van der Waals surface area contributed by atoms with Crippen LogP contribution in [0.3, 0.4) is 0 Å². The molecule has 0 aliphatic heterocycles. The Bertz CT molecular complexity index is 446. The Labute approximate surface area is 112 Å². The summed E-state index contributed by atoms with van der Waals surface area (Å²) in [6.07, 6.45) is 0.909. The van der Waals surface area contributed by atoms with E-state index in [4.69, 9.17) is 9.47 Å². The molecule has 0 radical (unpaired) electrons. The van der Waals surface area contributed by atoms with Gasteiger partial charge in [0.15, 0.2) is 11.5 Å². The quantitative estimate of drug-likeness (QED) is 0.633. The fourth-order valence-electron chi connectivity index (χ4n) is 1.36. The van der Waals surface area contributed by atoms with Gasteiger partial charge in [-0.2, -0.15) is 5.10 Å². The fourth-order valence-corrected chi connectivity index (χ4v) is 1.36. The maximum absolute atomic E-state index is 11.0. The molecule has 1 aromatic rings. The number of carbonyl (C=O) groups is 1. The molecule has 0 aliphatic rings. The molecule has 6 heteroatoms. The number of nitrogens with zero attached hydrogens (tertiary/aromatic N) is 1. The van der Waals surface area contributed by atoms with E-state index in [0.717, 1.165) is 5.56 Å². The molecule has 0 unspecified atom stereocenters. The van der Waals surface area contributed by atoms with E-state index in [1.807, 2.05) is 13.0 Å². The Morgan fingerprint density at radius 1 is 1.32 bits per heavy atom. The third-order valence-electron chi connectivity index (χ3n) is 2.13. The third kappa shape index (κ3) is 4.87. The highest BCUT2D eigenvalue weighted by molar-refractivity contribution is 5.82. The zero-order valence-electron chi connectivity index (χ0n) is 11.3. The Hall–Kier alpha value is -2.24. The van der Waals surface area contributed by atoms with Crippen LogP contribution in [0.2, 0.25) is 0 Å². The van der Waals surface area contributed by atoms with Gasteiger partial charge in [0.2, 0.25) is 0 Å². The molecule has 0 saturated heterocycles. The van der Waals surface area contributed by atoms with E-state index in [1.54, 1.807) is 26.2 Å². The number of carbonyl (C=O) groups excluding carboxylic acids is 1. The van der Waals surface area contributed by atoms with E-state index >= 15 is 0 Å². The lowest BCUT2D eigenvalue weighted by Crippen LogP contribution is -2.18. The van der Waals surface area contributed by atoms with Crippen molar-refractivity contribution in [2.75, 3.05) is 20.3 Å². The molecule has 0 fully saturated rings. The molecule has 19 heavy (non-hydrogen) atoms. The van der Waals surface area contributed by atoms with E-state index < -0.39 is 6.09 Å². The maximum atomic E-state index is 11.0. The van der Waals surface area contributed by atoms with Crippen LogP contribution in [0.4, 0.5) is 4.79 Å². The van der Waals surface area contributed by atoms with Crippen molar-refractivity contribution in [3.05, 3.63) is 23.8 Å². The van der Waals surface area contributed by atoms with Crippen molar-refractivity contribution in [2.45, 2.75) is 13.8 Å². The Kier molecular flexibility index (Phi) is 6.21. The first-order valence-electron chi connectivity index (χ1n) is 5.97. The molecule has 0 atom stereocenters. The number of nitrogens with one attached hydrogen (secondary N) is 1. The minimum Gasteiger partial charge on any atom is -0.493 e. The summed E-state index contributed by atoms with van der Waals surface area (Å²) < 4.78 is 15.3. The molecule has 0 heterocycles. The number of amides is 1. The van der Waals surface area contributed by atoms with Gasteiger partial charge >= 0.3 is 6.09 Å². The molecule has 1 rings (SSSR count). The van der Waals surface area contributed by atoms with Gasteiger partial charge in [0.05, 0.1) is 26.5 Å². The van der Waals surface area contributed by atoms with Crippen LogP contribution in [0.15, 0.2) is 23.3 Å². The van der Waals surface area contributed by atoms with Crippen molar-refractivity contribution in [1.29, 1.82) is 0 Å². The topological polar surface area (TPSA) is 69.2 Å². The van der Waals surface area contributed by atoms with E-state index in [2.05, 4.69) is 15.3 Å². The van der Waals surface area contributed by atoms with Crippen molar-refractivity contribution >= 4 is 12.3 Å². The zero-order valence-corrected chi connectivity index (χ0v) is 11.3. The number of ether oxygens (including phenoxy) is 3. The first-order valence-corrected chi connectivity index (χ1v) is 5.97. The summed E-state index contributed by atoms with van der Waals surface area (Å²) >= 11 is 0. The van der Waals surface area contributed by atoms with Gasteiger partial charge in [-0.05, 0) is 37.6 Å². The van der Waals surface area contributed by atoms with Crippen LogP contribution in [0.25, 0.3) is 0 Å². The summed E-state index contributed by atoms with van der Waals surface area (Å²) in [6.45, 7) is 4.49. The fraction of sp³-hybridized carbons (Fsp3) is 0.385.